The molecule has 0 radical (unpaired) electrons. The van der Waals surface area contributed by atoms with Crippen molar-refractivity contribution in [2.24, 2.45) is 40.9 Å². The average Bonchev–Trinajstić information content (AvgIpc) is 3.37. The molecule has 4 saturated carbocycles. The number of ketones is 1. The number of carbonyl (C=O) groups excluding carboxylic acids is 1. The lowest BCUT2D eigenvalue weighted by Crippen LogP contribution is -2.51. The van der Waals surface area contributed by atoms with Gasteiger partial charge in [0, 0.05) is 5.92 Å². The molecule has 194 valence electrons. The van der Waals surface area contributed by atoms with Crippen molar-refractivity contribution in [2.75, 3.05) is 0 Å². The molecule has 0 aliphatic heterocycles. The Labute approximate surface area is 211 Å². The van der Waals surface area contributed by atoms with Crippen molar-refractivity contribution in [1.29, 1.82) is 0 Å². The van der Waals surface area contributed by atoms with Crippen LogP contribution in [0.2, 0.25) is 0 Å². The zero-order chi connectivity index (χ0) is 25.2. The second-order valence-corrected chi connectivity index (χ2v) is 12.6. The second-order valence-electron chi connectivity index (χ2n) is 12.6. The second kappa shape index (κ2) is 8.61. The molecule has 2 aromatic rings. The number of Topliss-reactive ketones (excluding diaryl/α,β-unsaturated/α-hetero) is 1. The Morgan fingerprint density at radius 3 is 2.67 bits per heavy atom. The monoisotopic (exact) mass is 496 g/mol. The quantitative estimate of drug-likeness (QED) is 0.687. The van der Waals surface area contributed by atoms with Gasteiger partial charge in [-0.25, -0.2) is 9.18 Å². The molecule has 0 amide bonds. The fourth-order valence-electron chi connectivity index (χ4n) is 9.01. The van der Waals surface area contributed by atoms with E-state index in [2.05, 4.69) is 17.4 Å². The molecule has 8 heteroatoms. The van der Waals surface area contributed by atoms with Crippen LogP contribution in [0, 0.1) is 46.7 Å². The Bertz CT molecular complexity index is 1220. The predicted octanol–water partition coefficient (Wildman–Crippen LogP) is 4.16. The first kappa shape index (κ1) is 24.0. The first-order chi connectivity index (χ1) is 17.2. The number of halogens is 1. The van der Waals surface area contributed by atoms with Gasteiger partial charge in [0.15, 0.2) is 5.78 Å². The zero-order valence-electron chi connectivity index (χ0n) is 21.3. The van der Waals surface area contributed by atoms with E-state index in [-0.39, 0.29) is 23.7 Å². The average molecular weight is 497 g/mol. The van der Waals surface area contributed by atoms with Crippen LogP contribution in [-0.4, -0.2) is 36.3 Å². The highest BCUT2D eigenvalue weighted by Gasteiger charge is 2.58. The first-order valence-corrected chi connectivity index (χ1v) is 13.7. The molecule has 1 aromatic carbocycles. The summed E-state index contributed by atoms with van der Waals surface area (Å²) in [4.78, 5) is 26.4. The smallest absolute Gasteiger partial charge is 0.368 e. The van der Waals surface area contributed by atoms with Gasteiger partial charge in [0.1, 0.15) is 12.4 Å². The predicted molar refractivity (Wildman–Crippen MR) is 132 cm³/mol. The van der Waals surface area contributed by atoms with Gasteiger partial charge in [0.25, 0.3) is 0 Å². The lowest BCUT2D eigenvalue weighted by molar-refractivity contribution is -0.133. The molecule has 4 aliphatic carbocycles. The van der Waals surface area contributed by atoms with Crippen LogP contribution in [0.4, 0.5) is 4.39 Å². The van der Waals surface area contributed by atoms with Crippen LogP contribution in [0.3, 0.4) is 0 Å². The number of hydrogen-bond donors (Lipinski definition) is 1. The van der Waals surface area contributed by atoms with E-state index in [4.69, 9.17) is 0 Å². The topological polar surface area (TPSA) is 90.0 Å². The third-order valence-corrected chi connectivity index (χ3v) is 10.6. The minimum absolute atomic E-state index is 0.0343. The molecule has 4 fully saturated rings. The largest absolute Gasteiger partial charge is 0.390 e. The summed E-state index contributed by atoms with van der Waals surface area (Å²) >= 11 is 0. The minimum atomic E-state index is -0.524. The molecule has 1 heterocycles. The van der Waals surface area contributed by atoms with E-state index in [1.165, 1.54) is 37.5 Å². The molecule has 4 aliphatic rings. The Balaban J connectivity index is 1.17. The molecule has 0 unspecified atom stereocenters. The lowest BCUT2D eigenvalue weighted by atomic mass is 9.49. The maximum Gasteiger partial charge on any atom is 0.368 e. The van der Waals surface area contributed by atoms with E-state index in [0.29, 0.717) is 23.4 Å². The van der Waals surface area contributed by atoms with Gasteiger partial charge in [0.05, 0.1) is 11.3 Å². The van der Waals surface area contributed by atoms with Crippen molar-refractivity contribution < 1.29 is 14.3 Å². The maximum atomic E-state index is 13.6. The third kappa shape index (κ3) is 3.87. The van der Waals surface area contributed by atoms with Crippen molar-refractivity contribution >= 4 is 5.78 Å². The van der Waals surface area contributed by atoms with Crippen LogP contribution in [0.5, 0.6) is 0 Å². The van der Waals surface area contributed by atoms with E-state index in [1.54, 1.807) is 6.07 Å². The molecule has 7 nitrogen and oxygen atoms in total. The van der Waals surface area contributed by atoms with Gasteiger partial charge in [-0.2, -0.15) is 9.36 Å². The Hall–Kier alpha value is -2.35. The summed E-state index contributed by atoms with van der Waals surface area (Å²) in [5.41, 5.74) is -0.766. The van der Waals surface area contributed by atoms with Gasteiger partial charge in [-0.3, -0.25) is 4.79 Å². The number of aromatic nitrogens is 4. The highest BCUT2D eigenvalue weighted by atomic mass is 19.1. The van der Waals surface area contributed by atoms with Gasteiger partial charge >= 0.3 is 5.69 Å². The summed E-state index contributed by atoms with van der Waals surface area (Å²) in [5.74, 6) is 2.84. The van der Waals surface area contributed by atoms with Crippen LogP contribution in [0.1, 0.15) is 71.6 Å². The first-order valence-electron chi connectivity index (χ1n) is 13.7. The fraction of sp³-hybridized carbons (Fsp3) is 0.714. The lowest BCUT2D eigenvalue weighted by Gasteiger charge is -2.56. The number of aliphatic hydroxyl groups is 1. The number of nitrogens with zero attached hydrogens (tertiary/aromatic N) is 4. The Kier molecular flexibility index (Phi) is 5.74. The van der Waals surface area contributed by atoms with E-state index in [0.717, 1.165) is 59.7 Å². The molecule has 1 N–H and O–H groups in total. The summed E-state index contributed by atoms with van der Waals surface area (Å²) in [7, 11) is 0. The third-order valence-electron chi connectivity index (χ3n) is 10.6. The fourth-order valence-corrected chi connectivity index (χ4v) is 9.01. The van der Waals surface area contributed by atoms with Crippen molar-refractivity contribution in [3.05, 3.63) is 40.6 Å². The summed E-state index contributed by atoms with van der Waals surface area (Å²) in [6.45, 7) is 4.23. The molecule has 0 spiro atoms. The number of fused-ring (bicyclic) bond motifs is 5. The highest BCUT2D eigenvalue weighted by molar-refractivity contribution is 5.82. The van der Waals surface area contributed by atoms with Gasteiger partial charge in [-0.1, -0.05) is 13.0 Å². The number of rotatable bonds is 4. The summed E-state index contributed by atoms with van der Waals surface area (Å²) < 4.78 is 15.8. The van der Waals surface area contributed by atoms with Crippen LogP contribution in [-0.2, 0) is 11.3 Å². The molecular formula is C28H37FN4O3. The molecule has 0 bridgehead atoms. The molecule has 36 heavy (non-hydrogen) atoms. The van der Waals surface area contributed by atoms with E-state index >= 15 is 0 Å². The number of tetrazole rings is 1. The van der Waals surface area contributed by atoms with Crippen molar-refractivity contribution in [3.63, 3.8) is 0 Å². The van der Waals surface area contributed by atoms with Gasteiger partial charge in [-0.15, -0.1) is 0 Å². The molecule has 0 saturated heterocycles. The molecule has 8 atom stereocenters. The van der Waals surface area contributed by atoms with Crippen molar-refractivity contribution in [2.45, 2.75) is 83.8 Å². The van der Waals surface area contributed by atoms with Crippen LogP contribution in [0.25, 0.3) is 5.69 Å². The van der Waals surface area contributed by atoms with Crippen LogP contribution >= 0.6 is 0 Å². The summed E-state index contributed by atoms with van der Waals surface area (Å²) in [6, 6.07) is 5.64. The molecular weight excluding hydrogens is 459 g/mol. The van der Waals surface area contributed by atoms with E-state index in [1.807, 2.05) is 6.92 Å². The van der Waals surface area contributed by atoms with E-state index in [9.17, 15) is 19.1 Å². The standard InChI is InChI=1S/C28H37FN4O3/c1-27(36)12-10-20-17(15-27)6-7-22-21(20)11-13-28(2)23(22)8-9-24(28)25(34)16-32-26(35)33(31-30-32)19-5-3-4-18(29)14-19/h3-5,14,17,20-24,36H,6-13,15-16H2,1-2H3/t17-,20+,21-,22-,23+,24-,27-,28+/m1/s1. The van der Waals surface area contributed by atoms with Crippen molar-refractivity contribution in [3.8, 4) is 5.69 Å². The zero-order valence-corrected chi connectivity index (χ0v) is 21.3. The van der Waals surface area contributed by atoms with Crippen LogP contribution < -0.4 is 5.69 Å². The normalized spacial score (nSPS) is 39.8. The summed E-state index contributed by atoms with van der Waals surface area (Å²) in [6.07, 6.45) is 9.57. The SMILES string of the molecule is C[C@@]1(O)CC[C@H]2[C@H](CC[C@@H]3[C@@H]2CC[C@]2(C)[C@@H](C(=O)Cn4nnn(-c5cccc(F)c5)c4=O)CC[C@@H]32)C1. The Morgan fingerprint density at radius 2 is 1.86 bits per heavy atom. The van der Waals surface area contributed by atoms with E-state index < -0.39 is 17.1 Å². The number of benzene rings is 1. The number of hydrogen-bond acceptors (Lipinski definition) is 5. The Morgan fingerprint density at radius 1 is 1.06 bits per heavy atom. The maximum absolute atomic E-state index is 13.6. The van der Waals surface area contributed by atoms with Gasteiger partial charge in [0.2, 0.25) is 0 Å². The molecule has 6 rings (SSSR count). The minimum Gasteiger partial charge on any atom is -0.390 e. The van der Waals surface area contributed by atoms with Crippen LogP contribution in [0.15, 0.2) is 29.1 Å². The van der Waals surface area contributed by atoms with Crippen molar-refractivity contribution in [1.82, 2.24) is 19.8 Å². The number of carbonyl (C=O) groups is 1. The van der Waals surface area contributed by atoms with Gasteiger partial charge < -0.3 is 5.11 Å². The molecule has 1 aromatic heterocycles. The highest BCUT2D eigenvalue weighted by Crippen LogP contribution is 2.64. The van der Waals surface area contributed by atoms with Gasteiger partial charge in [-0.05, 0) is 128 Å². The summed E-state index contributed by atoms with van der Waals surface area (Å²) in [5, 5.41) is 18.5.